The van der Waals surface area contributed by atoms with Crippen LogP contribution in [0.2, 0.25) is 0 Å². The first-order valence-corrected chi connectivity index (χ1v) is 12.6. The lowest BCUT2D eigenvalue weighted by molar-refractivity contribution is -0.117. The Morgan fingerprint density at radius 1 is 1.06 bits per heavy atom. The second-order valence-electron chi connectivity index (χ2n) is 8.76. The number of likely N-dealkylation sites (tertiary alicyclic amines) is 1. The van der Waals surface area contributed by atoms with Gasteiger partial charge in [-0.15, -0.1) is 11.3 Å². The van der Waals surface area contributed by atoms with Crippen LogP contribution in [-0.4, -0.2) is 48.4 Å². The molecule has 0 bridgehead atoms. The molecule has 0 aliphatic carbocycles. The van der Waals surface area contributed by atoms with Crippen molar-refractivity contribution < 1.29 is 14.3 Å². The summed E-state index contributed by atoms with van der Waals surface area (Å²) in [6, 6.07) is 17.0. The SMILES string of the molecule is COc1ccc2[nH]cc(C3CCN(CC(=O)Nc4ccc(NC(=O)c5cccs5)cc4)CC3)c2c1. The quantitative estimate of drug-likeness (QED) is 0.329. The molecule has 0 saturated carbocycles. The minimum Gasteiger partial charge on any atom is -0.497 e. The summed E-state index contributed by atoms with van der Waals surface area (Å²) < 4.78 is 5.40. The Morgan fingerprint density at radius 2 is 1.80 bits per heavy atom. The van der Waals surface area contributed by atoms with E-state index in [0.29, 0.717) is 28.7 Å². The zero-order valence-corrected chi connectivity index (χ0v) is 20.4. The van der Waals surface area contributed by atoms with Crippen LogP contribution < -0.4 is 15.4 Å². The number of fused-ring (bicyclic) bond motifs is 1. The first-order valence-electron chi connectivity index (χ1n) is 11.7. The number of nitrogens with zero attached hydrogens (tertiary/aromatic N) is 1. The van der Waals surface area contributed by atoms with Crippen LogP contribution in [0.1, 0.15) is 34.0 Å². The lowest BCUT2D eigenvalue weighted by Crippen LogP contribution is -2.38. The van der Waals surface area contributed by atoms with E-state index in [0.717, 1.165) is 37.2 Å². The number of ether oxygens (including phenoxy) is 1. The molecule has 0 atom stereocenters. The number of carbonyl (C=O) groups excluding carboxylic acids is 2. The third kappa shape index (κ3) is 5.39. The fourth-order valence-electron chi connectivity index (χ4n) is 4.63. The Bertz CT molecular complexity index is 1310. The average Bonchev–Trinajstić information content (AvgIpc) is 3.56. The molecule has 0 unspecified atom stereocenters. The number of hydrogen-bond donors (Lipinski definition) is 3. The first-order chi connectivity index (χ1) is 17.1. The molecule has 2 aromatic heterocycles. The van der Waals surface area contributed by atoms with E-state index in [1.54, 1.807) is 37.4 Å². The molecule has 0 spiro atoms. The van der Waals surface area contributed by atoms with Crippen molar-refractivity contribution in [2.45, 2.75) is 18.8 Å². The lowest BCUT2D eigenvalue weighted by Gasteiger charge is -2.31. The highest BCUT2D eigenvalue weighted by Crippen LogP contribution is 2.34. The van der Waals surface area contributed by atoms with Gasteiger partial charge in [0.1, 0.15) is 5.75 Å². The van der Waals surface area contributed by atoms with Crippen LogP contribution in [0.15, 0.2) is 66.2 Å². The first kappa shape index (κ1) is 23.1. The van der Waals surface area contributed by atoms with Gasteiger partial charge in [-0.05, 0) is 91.3 Å². The second-order valence-corrected chi connectivity index (χ2v) is 9.71. The average molecular weight is 489 g/mol. The molecule has 1 aliphatic heterocycles. The lowest BCUT2D eigenvalue weighted by atomic mass is 9.89. The number of hydrogen-bond acceptors (Lipinski definition) is 5. The zero-order valence-electron chi connectivity index (χ0n) is 19.5. The molecule has 2 aromatic carbocycles. The molecule has 3 N–H and O–H groups in total. The van der Waals surface area contributed by atoms with Crippen LogP contribution in [0.3, 0.4) is 0 Å². The molecule has 1 saturated heterocycles. The minimum absolute atomic E-state index is 0.0318. The smallest absolute Gasteiger partial charge is 0.265 e. The van der Waals surface area contributed by atoms with E-state index in [-0.39, 0.29) is 11.8 Å². The summed E-state index contributed by atoms with van der Waals surface area (Å²) in [5, 5.41) is 8.92. The maximum Gasteiger partial charge on any atom is 0.265 e. The number of rotatable bonds is 7. The van der Waals surface area contributed by atoms with Crippen LogP contribution in [0.5, 0.6) is 5.75 Å². The van der Waals surface area contributed by atoms with Crippen molar-refractivity contribution in [1.82, 2.24) is 9.88 Å². The normalized spacial score (nSPS) is 14.7. The largest absolute Gasteiger partial charge is 0.497 e. The van der Waals surface area contributed by atoms with Crippen molar-refractivity contribution in [1.29, 1.82) is 0 Å². The van der Waals surface area contributed by atoms with Crippen LogP contribution in [-0.2, 0) is 4.79 Å². The van der Waals surface area contributed by atoms with E-state index >= 15 is 0 Å². The number of anilines is 2. The summed E-state index contributed by atoms with van der Waals surface area (Å²) in [6.07, 6.45) is 4.13. The minimum atomic E-state index is -0.132. The van der Waals surface area contributed by atoms with Gasteiger partial charge in [0.05, 0.1) is 18.5 Å². The van der Waals surface area contributed by atoms with Crippen molar-refractivity contribution in [3.05, 3.63) is 76.6 Å². The van der Waals surface area contributed by atoms with Crippen molar-refractivity contribution in [3.63, 3.8) is 0 Å². The number of carbonyl (C=O) groups is 2. The predicted molar refractivity (Wildman–Crippen MR) is 141 cm³/mol. The summed E-state index contributed by atoms with van der Waals surface area (Å²) >= 11 is 1.40. The Labute approximate surface area is 208 Å². The van der Waals surface area contributed by atoms with Gasteiger partial charge in [-0.1, -0.05) is 6.07 Å². The molecule has 3 heterocycles. The maximum atomic E-state index is 12.6. The Hall–Kier alpha value is -3.62. The number of thiophene rings is 1. The summed E-state index contributed by atoms with van der Waals surface area (Å²) in [6.45, 7) is 2.12. The molecule has 0 radical (unpaired) electrons. The third-order valence-electron chi connectivity index (χ3n) is 6.49. The molecule has 180 valence electrons. The molecule has 35 heavy (non-hydrogen) atoms. The van der Waals surface area contributed by atoms with Crippen molar-refractivity contribution in [2.75, 3.05) is 37.4 Å². The van der Waals surface area contributed by atoms with E-state index in [1.807, 2.05) is 17.5 Å². The number of benzene rings is 2. The highest BCUT2D eigenvalue weighted by atomic mass is 32.1. The predicted octanol–water partition coefficient (Wildman–Crippen LogP) is 5.31. The fraction of sp³-hybridized carbons (Fsp3) is 0.259. The van der Waals surface area contributed by atoms with Crippen LogP contribution in [0.25, 0.3) is 10.9 Å². The number of amides is 2. The molecule has 8 heteroatoms. The number of H-pyrrole nitrogens is 1. The second kappa shape index (κ2) is 10.3. The van der Waals surface area contributed by atoms with Gasteiger partial charge in [-0.3, -0.25) is 14.5 Å². The Morgan fingerprint density at radius 3 is 2.49 bits per heavy atom. The van der Waals surface area contributed by atoms with Gasteiger partial charge in [-0.25, -0.2) is 0 Å². The zero-order chi connectivity index (χ0) is 24.2. The summed E-state index contributed by atoms with van der Waals surface area (Å²) in [7, 11) is 1.69. The van der Waals surface area contributed by atoms with Crippen LogP contribution >= 0.6 is 11.3 Å². The van der Waals surface area contributed by atoms with E-state index in [1.165, 1.54) is 22.3 Å². The summed E-state index contributed by atoms with van der Waals surface area (Å²) in [5.41, 5.74) is 3.86. The maximum absolute atomic E-state index is 12.6. The molecule has 7 nitrogen and oxygen atoms in total. The van der Waals surface area contributed by atoms with Crippen LogP contribution in [0.4, 0.5) is 11.4 Å². The van der Waals surface area contributed by atoms with Gasteiger partial charge >= 0.3 is 0 Å². The number of aromatic amines is 1. The fourth-order valence-corrected chi connectivity index (χ4v) is 5.25. The van der Waals surface area contributed by atoms with Crippen molar-refractivity contribution >= 4 is 45.4 Å². The standard InChI is InChI=1S/C27H28N4O3S/c1-34-21-8-9-24-22(15-21)23(16-28-24)18-10-12-31(13-11-18)17-26(32)29-19-4-6-20(7-5-19)30-27(33)25-3-2-14-35-25/h2-9,14-16,18,28H,10-13,17H2,1H3,(H,29,32)(H,30,33). The van der Waals surface area contributed by atoms with Crippen LogP contribution in [0, 0.1) is 0 Å². The topological polar surface area (TPSA) is 86.5 Å². The molecular formula is C27H28N4O3S. The van der Waals surface area contributed by atoms with E-state index in [9.17, 15) is 9.59 Å². The van der Waals surface area contributed by atoms with E-state index in [2.05, 4.69) is 38.8 Å². The van der Waals surface area contributed by atoms with Gasteiger partial charge in [-0.2, -0.15) is 0 Å². The Kier molecular flexibility index (Phi) is 6.83. The summed E-state index contributed by atoms with van der Waals surface area (Å²) in [5.74, 6) is 1.17. The van der Waals surface area contributed by atoms with E-state index < -0.39 is 0 Å². The van der Waals surface area contributed by atoms with Crippen molar-refractivity contribution in [3.8, 4) is 5.75 Å². The van der Waals surface area contributed by atoms with Gasteiger partial charge in [0, 0.05) is 28.5 Å². The van der Waals surface area contributed by atoms with Gasteiger partial charge in [0.2, 0.25) is 5.91 Å². The number of aromatic nitrogens is 1. The van der Waals surface area contributed by atoms with Gasteiger partial charge in [0.25, 0.3) is 5.91 Å². The number of methoxy groups -OCH3 is 1. The molecular weight excluding hydrogens is 460 g/mol. The third-order valence-corrected chi connectivity index (χ3v) is 7.36. The Balaban J connectivity index is 1.11. The molecule has 5 rings (SSSR count). The number of nitrogens with one attached hydrogen (secondary N) is 3. The molecule has 1 fully saturated rings. The molecule has 1 aliphatic rings. The monoisotopic (exact) mass is 488 g/mol. The highest BCUT2D eigenvalue weighted by Gasteiger charge is 2.24. The van der Waals surface area contributed by atoms with E-state index in [4.69, 9.17) is 4.74 Å². The van der Waals surface area contributed by atoms with Gasteiger partial charge in [0.15, 0.2) is 0 Å². The van der Waals surface area contributed by atoms with Crippen molar-refractivity contribution in [2.24, 2.45) is 0 Å². The molecule has 2 amide bonds. The highest BCUT2D eigenvalue weighted by molar-refractivity contribution is 7.12. The molecule has 4 aromatic rings. The van der Waals surface area contributed by atoms with Gasteiger partial charge < -0.3 is 20.4 Å². The number of piperidine rings is 1. The summed E-state index contributed by atoms with van der Waals surface area (Å²) in [4.78, 5) is 31.0.